The number of hydrogen-bond acceptors (Lipinski definition) is 4. The van der Waals surface area contributed by atoms with Gasteiger partial charge in [0.2, 0.25) is 15.9 Å². The summed E-state index contributed by atoms with van der Waals surface area (Å²) in [4.78, 5) is 12.1. The number of rotatable bonds is 11. The van der Waals surface area contributed by atoms with Gasteiger partial charge in [0.1, 0.15) is 10.6 Å². The van der Waals surface area contributed by atoms with Gasteiger partial charge < -0.3 is 10.1 Å². The van der Waals surface area contributed by atoms with E-state index in [-0.39, 0.29) is 10.8 Å². The predicted molar refractivity (Wildman–Crippen MR) is 100 cm³/mol. The Labute approximate surface area is 151 Å². The van der Waals surface area contributed by atoms with E-state index < -0.39 is 10.0 Å². The van der Waals surface area contributed by atoms with Crippen molar-refractivity contribution in [3.8, 4) is 5.75 Å². The van der Waals surface area contributed by atoms with Crippen LogP contribution in [-0.2, 0) is 14.8 Å². The highest BCUT2D eigenvalue weighted by atomic mass is 32.2. The topological polar surface area (TPSA) is 75.7 Å². The van der Waals surface area contributed by atoms with E-state index in [1.54, 1.807) is 32.9 Å². The van der Waals surface area contributed by atoms with Crippen LogP contribution in [-0.4, -0.2) is 38.3 Å². The number of carbonyl (C=O) groups excluding carboxylic acids is 1. The lowest BCUT2D eigenvalue weighted by atomic mass is 10.2. The first-order valence-electron chi connectivity index (χ1n) is 8.97. The molecule has 1 N–H and O–H groups in total. The molecule has 0 aliphatic carbocycles. The Morgan fingerprint density at radius 2 is 1.80 bits per heavy atom. The quantitative estimate of drug-likeness (QED) is 0.604. The summed E-state index contributed by atoms with van der Waals surface area (Å²) in [5.74, 6) is 0.196. The second-order valence-electron chi connectivity index (χ2n) is 5.69. The van der Waals surface area contributed by atoms with Crippen molar-refractivity contribution in [1.82, 2.24) is 4.31 Å². The van der Waals surface area contributed by atoms with Crippen LogP contribution in [0.25, 0.3) is 0 Å². The number of hydrogen-bond donors (Lipinski definition) is 1. The lowest BCUT2D eigenvalue weighted by Crippen LogP contribution is -2.31. The van der Waals surface area contributed by atoms with Crippen LogP contribution in [0.2, 0.25) is 0 Å². The molecule has 0 aromatic heterocycles. The van der Waals surface area contributed by atoms with Crippen molar-refractivity contribution >= 4 is 21.6 Å². The summed E-state index contributed by atoms with van der Waals surface area (Å²) in [5.41, 5.74) is 0.468. The first-order valence-corrected chi connectivity index (χ1v) is 10.4. The van der Waals surface area contributed by atoms with Crippen molar-refractivity contribution < 1.29 is 17.9 Å². The smallest absolute Gasteiger partial charge is 0.246 e. The molecule has 7 heteroatoms. The third-order valence-electron chi connectivity index (χ3n) is 3.86. The summed E-state index contributed by atoms with van der Waals surface area (Å²) in [5, 5.41) is 2.78. The summed E-state index contributed by atoms with van der Waals surface area (Å²) < 4.78 is 32.6. The second-order valence-corrected chi connectivity index (χ2v) is 7.60. The molecule has 0 bridgehead atoms. The predicted octanol–water partition coefficient (Wildman–Crippen LogP) is 3.63. The Morgan fingerprint density at radius 1 is 1.12 bits per heavy atom. The van der Waals surface area contributed by atoms with Crippen LogP contribution in [0.5, 0.6) is 5.75 Å². The molecule has 0 unspecified atom stereocenters. The van der Waals surface area contributed by atoms with E-state index in [0.717, 1.165) is 19.3 Å². The van der Waals surface area contributed by atoms with Crippen molar-refractivity contribution in [3.05, 3.63) is 18.2 Å². The average molecular weight is 371 g/mol. The Bertz CT molecular complexity index is 655. The first-order chi connectivity index (χ1) is 11.9. The largest absolute Gasteiger partial charge is 0.492 e. The normalized spacial score (nSPS) is 11.6. The van der Waals surface area contributed by atoms with Crippen molar-refractivity contribution in [2.24, 2.45) is 0 Å². The van der Waals surface area contributed by atoms with Crippen molar-refractivity contribution in [3.63, 3.8) is 0 Å². The van der Waals surface area contributed by atoms with Crippen LogP contribution < -0.4 is 10.1 Å². The van der Waals surface area contributed by atoms with Gasteiger partial charge in [-0.3, -0.25) is 4.79 Å². The van der Waals surface area contributed by atoms with Gasteiger partial charge in [0.25, 0.3) is 0 Å². The molecule has 1 rings (SSSR count). The van der Waals surface area contributed by atoms with E-state index in [1.807, 2.05) is 0 Å². The molecule has 0 saturated carbocycles. The van der Waals surface area contributed by atoms with Crippen LogP contribution in [0.4, 0.5) is 5.69 Å². The van der Waals surface area contributed by atoms with E-state index in [0.29, 0.717) is 37.6 Å². The van der Waals surface area contributed by atoms with Crippen molar-refractivity contribution in [1.29, 1.82) is 0 Å². The summed E-state index contributed by atoms with van der Waals surface area (Å²) in [7, 11) is -3.68. The minimum Gasteiger partial charge on any atom is -0.492 e. The number of carbonyl (C=O) groups is 1. The second kappa shape index (κ2) is 10.4. The molecule has 1 amide bonds. The molecule has 0 spiro atoms. The maximum atomic E-state index is 12.9. The molecule has 25 heavy (non-hydrogen) atoms. The summed E-state index contributed by atoms with van der Waals surface area (Å²) in [6.07, 6.45) is 3.30. The highest BCUT2D eigenvalue weighted by Crippen LogP contribution is 2.30. The van der Waals surface area contributed by atoms with E-state index in [4.69, 9.17) is 4.74 Å². The third kappa shape index (κ3) is 6.01. The molecule has 0 radical (unpaired) electrons. The molecule has 0 fully saturated rings. The van der Waals surface area contributed by atoms with Gasteiger partial charge in [-0.05, 0) is 31.5 Å². The first kappa shape index (κ1) is 21.4. The number of benzene rings is 1. The number of sulfonamides is 1. The van der Waals surface area contributed by atoms with E-state index >= 15 is 0 Å². The van der Waals surface area contributed by atoms with Crippen molar-refractivity contribution in [2.75, 3.05) is 25.0 Å². The molecular formula is C18H30N2O4S. The summed E-state index contributed by atoms with van der Waals surface area (Å²) in [6.45, 7) is 8.58. The number of nitrogens with zero attached hydrogens (tertiary/aromatic N) is 1. The number of nitrogens with one attached hydrogen (secondary N) is 1. The van der Waals surface area contributed by atoms with E-state index in [9.17, 15) is 13.2 Å². The Hall–Kier alpha value is -1.60. The van der Waals surface area contributed by atoms with Gasteiger partial charge in [-0.2, -0.15) is 4.31 Å². The molecule has 0 saturated heterocycles. The highest BCUT2D eigenvalue weighted by Gasteiger charge is 2.26. The fourth-order valence-corrected chi connectivity index (χ4v) is 4.14. The average Bonchev–Trinajstić information content (AvgIpc) is 2.57. The Balaban J connectivity index is 3.11. The summed E-state index contributed by atoms with van der Waals surface area (Å²) >= 11 is 0. The molecule has 0 heterocycles. The number of anilines is 1. The number of amides is 1. The molecule has 0 aliphatic rings. The zero-order chi connectivity index (χ0) is 18.9. The van der Waals surface area contributed by atoms with Gasteiger partial charge in [0, 0.05) is 25.2 Å². The van der Waals surface area contributed by atoms with Gasteiger partial charge in [-0.25, -0.2) is 8.42 Å². The number of unbranched alkanes of at least 4 members (excludes halogenated alkanes) is 2. The van der Waals surface area contributed by atoms with Crippen LogP contribution in [0, 0.1) is 0 Å². The zero-order valence-corrected chi connectivity index (χ0v) is 16.5. The van der Waals surface area contributed by atoms with Crippen LogP contribution >= 0.6 is 0 Å². The van der Waals surface area contributed by atoms with Crippen LogP contribution in [0.3, 0.4) is 0 Å². The fourth-order valence-electron chi connectivity index (χ4n) is 2.52. The molecule has 142 valence electrons. The maximum absolute atomic E-state index is 12.9. The van der Waals surface area contributed by atoms with Gasteiger partial charge in [-0.15, -0.1) is 0 Å². The lowest BCUT2D eigenvalue weighted by molar-refractivity contribution is -0.116. The van der Waals surface area contributed by atoms with Crippen LogP contribution in [0.1, 0.15) is 53.4 Å². The van der Waals surface area contributed by atoms with Gasteiger partial charge in [-0.1, -0.05) is 33.6 Å². The summed E-state index contributed by atoms with van der Waals surface area (Å²) in [6, 6.07) is 4.75. The Kier molecular flexibility index (Phi) is 8.92. The molecule has 6 nitrogen and oxygen atoms in total. The molecular weight excluding hydrogens is 340 g/mol. The van der Waals surface area contributed by atoms with Crippen molar-refractivity contribution in [2.45, 2.75) is 58.3 Å². The Morgan fingerprint density at radius 3 is 2.36 bits per heavy atom. The highest BCUT2D eigenvalue weighted by molar-refractivity contribution is 7.89. The molecule has 1 aromatic carbocycles. The number of ether oxygens (including phenoxy) is 1. The van der Waals surface area contributed by atoms with Crippen LogP contribution in [0.15, 0.2) is 23.1 Å². The van der Waals surface area contributed by atoms with E-state index in [1.165, 1.54) is 10.4 Å². The fraction of sp³-hybridized carbons (Fsp3) is 0.611. The minimum atomic E-state index is -3.68. The molecule has 1 aromatic rings. The molecule has 0 atom stereocenters. The van der Waals surface area contributed by atoms with Gasteiger partial charge in [0.15, 0.2) is 0 Å². The maximum Gasteiger partial charge on any atom is 0.246 e. The molecule has 0 aliphatic heterocycles. The minimum absolute atomic E-state index is 0.0874. The SMILES string of the molecule is CCCCCC(=O)Nc1ccc(OCC)c(S(=O)(=O)N(CC)CC)c1. The zero-order valence-electron chi connectivity index (χ0n) is 15.7. The standard InChI is InChI=1S/C18H30N2O4S/c1-5-9-10-11-18(21)19-15-12-13-16(24-8-4)17(14-15)25(22,23)20(6-2)7-3/h12-14H,5-11H2,1-4H3,(H,19,21). The third-order valence-corrected chi connectivity index (χ3v) is 5.93. The van der Waals surface area contributed by atoms with E-state index in [2.05, 4.69) is 12.2 Å². The monoisotopic (exact) mass is 370 g/mol. The lowest BCUT2D eigenvalue weighted by Gasteiger charge is -2.21. The van der Waals surface area contributed by atoms with Gasteiger partial charge >= 0.3 is 0 Å². The van der Waals surface area contributed by atoms with Gasteiger partial charge in [0.05, 0.1) is 6.61 Å².